The summed E-state index contributed by atoms with van der Waals surface area (Å²) in [6.45, 7) is 3.36. The van der Waals surface area contributed by atoms with E-state index >= 15 is 0 Å². The predicted octanol–water partition coefficient (Wildman–Crippen LogP) is 2.56. The van der Waals surface area contributed by atoms with Crippen molar-refractivity contribution in [1.82, 2.24) is 15.1 Å². The molecule has 0 unspecified atom stereocenters. The Morgan fingerprint density at radius 2 is 2.00 bits per heavy atom. The third-order valence-electron chi connectivity index (χ3n) is 3.83. The van der Waals surface area contributed by atoms with Crippen molar-refractivity contribution in [3.8, 4) is 0 Å². The normalized spacial score (nSPS) is 16.2. The second kappa shape index (κ2) is 10.4. The molecule has 25 heavy (non-hydrogen) atoms. The van der Waals surface area contributed by atoms with Crippen LogP contribution in [-0.4, -0.2) is 81.8 Å². The molecule has 0 bridgehead atoms. The maximum absolute atomic E-state index is 12.3. The monoisotopic (exact) mass is 491 g/mol. The Hall–Kier alpha value is -0.750. The highest BCUT2D eigenvalue weighted by Gasteiger charge is 2.29. The van der Waals surface area contributed by atoms with Crippen LogP contribution >= 0.6 is 35.3 Å². The first-order valence-corrected chi connectivity index (χ1v) is 8.76. The third kappa shape index (κ3) is 7.57. The number of hydrogen-bond acceptors (Lipinski definition) is 4. The highest BCUT2D eigenvalue weighted by Crippen LogP contribution is 2.22. The molecule has 1 aliphatic heterocycles. The number of piperazine rings is 1. The summed E-state index contributed by atoms with van der Waals surface area (Å²) in [5.41, 5.74) is 0. The first kappa shape index (κ1) is 22.3. The van der Waals surface area contributed by atoms with Gasteiger partial charge in [-0.2, -0.15) is 13.2 Å². The highest BCUT2D eigenvalue weighted by atomic mass is 127. The Morgan fingerprint density at radius 1 is 1.32 bits per heavy atom. The van der Waals surface area contributed by atoms with E-state index in [0.717, 1.165) is 32.1 Å². The molecule has 5 nitrogen and oxygen atoms in total. The number of aliphatic imine (C=N–C) groups is 1. The SMILES string of the molecule is CN=C(NCCN(C)CC(F)(F)F)N1CCN(c2cccs2)CC1.I. The van der Waals surface area contributed by atoms with Crippen molar-refractivity contribution in [2.45, 2.75) is 6.18 Å². The molecule has 1 aliphatic rings. The Balaban J connectivity index is 0.00000312. The second-order valence-corrected chi connectivity index (χ2v) is 6.68. The van der Waals surface area contributed by atoms with Gasteiger partial charge < -0.3 is 15.1 Å². The topological polar surface area (TPSA) is 34.1 Å². The molecule has 1 aromatic heterocycles. The van der Waals surface area contributed by atoms with E-state index in [2.05, 4.69) is 31.6 Å². The van der Waals surface area contributed by atoms with Gasteiger partial charge in [-0.25, -0.2) is 0 Å². The van der Waals surface area contributed by atoms with Gasteiger partial charge >= 0.3 is 6.18 Å². The van der Waals surface area contributed by atoms with Crippen molar-refractivity contribution in [3.05, 3.63) is 17.5 Å². The van der Waals surface area contributed by atoms with Crippen molar-refractivity contribution in [3.63, 3.8) is 0 Å². The lowest BCUT2D eigenvalue weighted by Crippen LogP contribution is -2.53. The number of halogens is 4. The minimum Gasteiger partial charge on any atom is -0.360 e. The van der Waals surface area contributed by atoms with Gasteiger partial charge in [0.1, 0.15) is 0 Å². The minimum absolute atomic E-state index is 0. The van der Waals surface area contributed by atoms with Gasteiger partial charge in [-0.05, 0) is 24.6 Å². The molecule has 1 saturated heterocycles. The number of anilines is 1. The quantitative estimate of drug-likeness (QED) is 0.390. The number of nitrogens with one attached hydrogen (secondary N) is 1. The van der Waals surface area contributed by atoms with Gasteiger partial charge in [0, 0.05) is 46.3 Å². The van der Waals surface area contributed by atoms with Crippen LogP contribution in [0, 0.1) is 0 Å². The summed E-state index contributed by atoms with van der Waals surface area (Å²) >= 11 is 1.73. The molecule has 1 aromatic rings. The van der Waals surface area contributed by atoms with E-state index in [1.54, 1.807) is 18.4 Å². The molecule has 0 saturated carbocycles. The Kier molecular flexibility index (Phi) is 9.28. The number of alkyl halides is 3. The van der Waals surface area contributed by atoms with Crippen LogP contribution in [0.3, 0.4) is 0 Å². The maximum atomic E-state index is 12.3. The summed E-state index contributed by atoms with van der Waals surface area (Å²) < 4.78 is 36.9. The molecule has 0 atom stereocenters. The molecule has 144 valence electrons. The zero-order valence-electron chi connectivity index (χ0n) is 14.4. The molecule has 0 aliphatic carbocycles. The predicted molar refractivity (Wildman–Crippen MR) is 108 cm³/mol. The Bertz CT molecular complexity index is 516. The molecule has 0 aromatic carbocycles. The lowest BCUT2D eigenvalue weighted by Gasteiger charge is -2.37. The van der Waals surface area contributed by atoms with Gasteiger partial charge in [0.25, 0.3) is 0 Å². The van der Waals surface area contributed by atoms with Crippen LogP contribution in [0.5, 0.6) is 0 Å². The molecule has 10 heteroatoms. The van der Waals surface area contributed by atoms with Crippen LogP contribution in [0.4, 0.5) is 18.2 Å². The first-order valence-electron chi connectivity index (χ1n) is 7.88. The number of thiophene rings is 1. The van der Waals surface area contributed by atoms with E-state index in [1.165, 1.54) is 16.9 Å². The zero-order valence-corrected chi connectivity index (χ0v) is 17.6. The largest absolute Gasteiger partial charge is 0.401 e. The summed E-state index contributed by atoms with van der Waals surface area (Å²) in [5.74, 6) is 0.751. The van der Waals surface area contributed by atoms with Crippen molar-refractivity contribution in [2.75, 3.05) is 64.8 Å². The van der Waals surface area contributed by atoms with E-state index in [4.69, 9.17) is 0 Å². The Morgan fingerprint density at radius 3 is 2.52 bits per heavy atom. The highest BCUT2D eigenvalue weighted by molar-refractivity contribution is 14.0. The van der Waals surface area contributed by atoms with Crippen molar-refractivity contribution in [2.24, 2.45) is 4.99 Å². The van der Waals surface area contributed by atoms with Crippen molar-refractivity contribution < 1.29 is 13.2 Å². The van der Waals surface area contributed by atoms with Gasteiger partial charge in [0.2, 0.25) is 0 Å². The van der Waals surface area contributed by atoms with Gasteiger partial charge in [-0.15, -0.1) is 35.3 Å². The zero-order chi connectivity index (χ0) is 17.6. The van der Waals surface area contributed by atoms with E-state index < -0.39 is 12.7 Å². The number of hydrogen-bond donors (Lipinski definition) is 1. The lowest BCUT2D eigenvalue weighted by molar-refractivity contribution is -0.142. The van der Waals surface area contributed by atoms with Crippen LogP contribution in [0.1, 0.15) is 0 Å². The number of guanidine groups is 1. The summed E-state index contributed by atoms with van der Waals surface area (Å²) in [4.78, 5) is 9.99. The van der Waals surface area contributed by atoms with Crippen LogP contribution in [-0.2, 0) is 0 Å². The molecular weight excluding hydrogens is 466 g/mol. The maximum Gasteiger partial charge on any atom is 0.401 e. The fraction of sp³-hybridized carbons (Fsp3) is 0.667. The van der Waals surface area contributed by atoms with E-state index in [0.29, 0.717) is 13.1 Å². The van der Waals surface area contributed by atoms with E-state index in [-0.39, 0.29) is 24.0 Å². The van der Waals surface area contributed by atoms with E-state index in [9.17, 15) is 13.2 Å². The number of rotatable bonds is 5. The average Bonchev–Trinajstić information content (AvgIpc) is 3.04. The molecule has 2 rings (SSSR count). The summed E-state index contributed by atoms with van der Waals surface area (Å²) in [7, 11) is 3.17. The smallest absolute Gasteiger partial charge is 0.360 e. The van der Waals surface area contributed by atoms with E-state index in [1.807, 2.05) is 6.07 Å². The summed E-state index contributed by atoms with van der Waals surface area (Å²) in [6, 6.07) is 4.16. The van der Waals surface area contributed by atoms with Crippen molar-refractivity contribution in [1.29, 1.82) is 0 Å². The molecule has 0 spiro atoms. The standard InChI is InChI=1S/C15H24F3N5S.HI/c1-19-14(20-5-6-21(2)12-15(16,17)18)23-9-7-22(8-10-23)13-4-3-11-24-13;/h3-4,11H,5-10,12H2,1-2H3,(H,19,20);1H. The Labute approximate surface area is 167 Å². The molecule has 0 radical (unpaired) electrons. The second-order valence-electron chi connectivity index (χ2n) is 5.75. The van der Waals surface area contributed by atoms with Gasteiger partial charge in [0.05, 0.1) is 11.5 Å². The van der Waals surface area contributed by atoms with Crippen molar-refractivity contribution >= 4 is 46.3 Å². The first-order chi connectivity index (χ1) is 11.4. The average molecular weight is 491 g/mol. The molecule has 1 N–H and O–H groups in total. The molecule has 2 heterocycles. The summed E-state index contributed by atoms with van der Waals surface area (Å²) in [6.07, 6.45) is -4.16. The molecule has 1 fully saturated rings. The fourth-order valence-corrected chi connectivity index (χ4v) is 3.45. The van der Waals surface area contributed by atoms with Gasteiger partial charge in [-0.1, -0.05) is 0 Å². The molecule has 0 amide bonds. The summed E-state index contributed by atoms with van der Waals surface area (Å²) in [5, 5.41) is 6.50. The third-order valence-corrected chi connectivity index (χ3v) is 4.76. The fourth-order valence-electron chi connectivity index (χ4n) is 2.66. The molecular formula is C15H25F3IN5S. The van der Waals surface area contributed by atoms with Crippen LogP contribution in [0.25, 0.3) is 0 Å². The number of nitrogens with zero attached hydrogens (tertiary/aromatic N) is 4. The van der Waals surface area contributed by atoms with Gasteiger partial charge in [0.15, 0.2) is 5.96 Å². The van der Waals surface area contributed by atoms with Crippen LogP contribution in [0.2, 0.25) is 0 Å². The minimum atomic E-state index is -4.16. The van der Waals surface area contributed by atoms with Crippen LogP contribution < -0.4 is 10.2 Å². The number of likely N-dealkylation sites (N-methyl/N-ethyl adjacent to an activating group) is 1. The lowest BCUT2D eigenvalue weighted by atomic mass is 10.3. The van der Waals surface area contributed by atoms with Gasteiger partial charge in [-0.3, -0.25) is 9.89 Å². The van der Waals surface area contributed by atoms with Crippen LogP contribution in [0.15, 0.2) is 22.5 Å².